The lowest BCUT2D eigenvalue weighted by atomic mass is 10.5. The van der Waals surface area contributed by atoms with Crippen LogP contribution in [0.1, 0.15) is 4.88 Å². The fourth-order valence-corrected chi connectivity index (χ4v) is 1.21. The van der Waals surface area contributed by atoms with Crippen LogP contribution in [0, 0.1) is 0 Å². The Morgan fingerprint density at radius 3 is 3.20 bits per heavy atom. The monoisotopic (exact) mass is 157 g/mol. The van der Waals surface area contributed by atoms with Gasteiger partial charge in [-0.15, -0.1) is 11.3 Å². The zero-order chi connectivity index (χ0) is 7.23. The Kier molecular flexibility index (Phi) is 3.35. The Morgan fingerprint density at radius 1 is 1.70 bits per heavy atom. The third-order valence-electron chi connectivity index (χ3n) is 1.10. The Hall–Kier alpha value is -0.450. The molecule has 10 heavy (non-hydrogen) atoms. The van der Waals surface area contributed by atoms with Crippen LogP contribution in [-0.4, -0.2) is 18.1 Å². The lowest BCUT2D eigenvalue weighted by Crippen LogP contribution is -2.21. The molecule has 56 valence electrons. The SMILES string of the molecule is NCCNCc1cncs1. The molecular formula is C6H11N3S. The molecule has 0 aliphatic rings. The molecule has 1 aromatic rings. The summed E-state index contributed by atoms with van der Waals surface area (Å²) in [7, 11) is 0. The van der Waals surface area contributed by atoms with Gasteiger partial charge in [0, 0.05) is 30.7 Å². The average molecular weight is 157 g/mol. The van der Waals surface area contributed by atoms with Crippen molar-refractivity contribution >= 4 is 11.3 Å². The minimum atomic E-state index is 0.693. The van der Waals surface area contributed by atoms with Crippen LogP contribution in [0.5, 0.6) is 0 Å². The van der Waals surface area contributed by atoms with Crippen LogP contribution in [-0.2, 0) is 6.54 Å². The van der Waals surface area contributed by atoms with Gasteiger partial charge in [0.2, 0.25) is 0 Å². The number of thiazole rings is 1. The first-order valence-corrected chi connectivity index (χ1v) is 4.09. The van der Waals surface area contributed by atoms with Gasteiger partial charge in [0.25, 0.3) is 0 Å². The smallest absolute Gasteiger partial charge is 0.0794 e. The molecule has 3 N–H and O–H groups in total. The van der Waals surface area contributed by atoms with Gasteiger partial charge in [-0.2, -0.15) is 0 Å². The number of hydrogen-bond donors (Lipinski definition) is 2. The maximum atomic E-state index is 5.29. The standard InChI is InChI=1S/C6H11N3S/c7-1-2-8-3-6-4-9-5-10-6/h4-5,8H,1-3,7H2. The summed E-state index contributed by atoms with van der Waals surface area (Å²) in [5.41, 5.74) is 7.13. The van der Waals surface area contributed by atoms with E-state index in [0.717, 1.165) is 13.1 Å². The molecule has 0 aromatic carbocycles. The highest BCUT2D eigenvalue weighted by molar-refractivity contribution is 7.09. The molecule has 0 saturated carbocycles. The van der Waals surface area contributed by atoms with E-state index in [1.165, 1.54) is 4.88 Å². The van der Waals surface area contributed by atoms with Gasteiger partial charge in [0.05, 0.1) is 5.51 Å². The Bertz CT molecular complexity index is 162. The lowest BCUT2D eigenvalue weighted by molar-refractivity contribution is 0.701. The highest BCUT2D eigenvalue weighted by Crippen LogP contribution is 2.03. The summed E-state index contributed by atoms with van der Waals surface area (Å²) < 4.78 is 0. The summed E-state index contributed by atoms with van der Waals surface area (Å²) in [6.45, 7) is 2.46. The van der Waals surface area contributed by atoms with Crippen molar-refractivity contribution in [3.8, 4) is 0 Å². The molecule has 0 radical (unpaired) electrons. The molecule has 0 atom stereocenters. The van der Waals surface area contributed by atoms with Crippen molar-refractivity contribution < 1.29 is 0 Å². The van der Waals surface area contributed by atoms with Crippen molar-refractivity contribution in [1.29, 1.82) is 0 Å². The van der Waals surface area contributed by atoms with Crippen LogP contribution >= 0.6 is 11.3 Å². The summed E-state index contributed by atoms with van der Waals surface area (Å²) in [5, 5.41) is 3.18. The predicted octanol–water partition coefficient (Wildman–Crippen LogP) is 0.191. The fourth-order valence-electron chi connectivity index (χ4n) is 0.643. The van der Waals surface area contributed by atoms with Crippen LogP contribution in [0.3, 0.4) is 0 Å². The molecule has 0 aliphatic heterocycles. The fraction of sp³-hybridized carbons (Fsp3) is 0.500. The molecule has 0 saturated heterocycles. The van der Waals surface area contributed by atoms with E-state index in [0.29, 0.717) is 6.54 Å². The van der Waals surface area contributed by atoms with E-state index < -0.39 is 0 Å². The van der Waals surface area contributed by atoms with Crippen molar-refractivity contribution in [2.45, 2.75) is 6.54 Å². The van der Waals surface area contributed by atoms with E-state index in [-0.39, 0.29) is 0 Å². The number of aromatic nitrogens is 1. The maximum absolute atomic E-state index is 5.29. The van der Waals surface area contributed by atoms with E-state index in [1.54, 1.807) is 11.3 Å². The average Bonchev–Trinajstić information content (AvgIpc) is 2.41. The predicted molar refractivity (Wildman–Crippen MR) is 42.9 cm³/mol. The molecular weight excluding hydrogens is 146 g/mol. The third kappa shape index (κ3) is 2.43. The Balaban J connectivity index is 2.15. The lowest BCUT2D eigenvalue weighted by Gasteiger charge is -1.97. The number of nitrogens with two attached hydrogens (primary N) is 1. The van der Waals surface area contributed by atoms with Gasteiger partial charge >= 0.3 is 0 Å². The highest BCUT2D eigenvalue weighted by Gasteiger charge is 1.90. The van der Waals surface area contributed by atoms with Crippen molar-refractivity contribution in [2.75, 3.05) is 13.1 Å². The van der Waals surface area contributed by atoms with E-state index in [1.807, 2.05) is 11.7 Å². The minimum absolute atomic E-state index is 0.693. The maximum Gasteiger partial charge on any atom is 0.0794 e. The van der Waals surface area contributed by atoms with Crippen LogP contribution in [0.4, 0.5) is 0 Å². The number of hydrogen-bond acceptors (Lipinski definition) is 4. The molecule has 0 unspecified atom stereocenters. The molecule has 0 amide bonds. The largest absolute Gasteiger partial charge is 0.329 e. The van der Waals surface area contributed by atoms with Crippen LogP contribution in [0.2, 0.25) is 0 Å². The first-order valence-electron chi connectivity index (χ1n) is 3.21. The zero-order valence-corrected chi connectivity index (χ0v) is 6.53. The summed E-state index contributed by atoms with van der Waals surface area (Å²) in [6.07, 6.45) is 1.87. The van der Waals surface area contributed by atoms with Gasteiger partial charge in [-0.25, -0.2) is 0 Å². The number of nitrogens with one attached hydrogen (secondary N) is 1. The number of rotatable bonds is 4. The Morgan fingerprint density at radius 2 is 2.60 bits per heavy atom. The third-order valence-corrected chi connectivity index (χ3v) is 1.88. The summed E-state index contributed by atoms with van der Waals surface area (Å²) in [6, 6.07) is 0. The van der Waals surface area contributed by atoms with E-state index >= 15 is 0 Å². The molecule has 1 rings (SSSR count). The van der Waals surface area contributed by atoms with Gasteiger partial charge in [-0.3, -0.25) is 4.98 Å². The second-order valence-corrected chi connectivity index (χ2v) is 2.90. The first kappa shape index (κ1) is 7.65. The van der Waals surface area contributed by atoms with E-state index in [9.17, 15) is 0 Å². The van der Waals surface area contributed by atoms with Gasteiger partial charge in [-0.1, -0.05) is 0 Å². The molecule has 0 aliphatic carbocycles. The van der Waals surface area contributed by atoms with Crippen LogP contribution in [0.25, 0.3) is 0 Å². The van der Waals surface area contributed by atoms with Gasteiger partial charge in [-0.05, 0) is 0 Å². The van der Waals surface area contributed by atoms with Crippen molar-refractivity contribution in [3.63, 3.8) is 0 Å². The molecule has 4 heteroatoms. The molecule has 0 fully saturated rings. The zero-order valence-electron chi connectivity index (χ0n) is 5.71. The van der Waals surface area contributed by atoms with Gasteiger partial charge in [0.1, 0.15) is 0 Å². The van der Waals surface area contributed by atoms with E-state index in [4.69, 9.17) is 5.73 Å². The molecule has 3 nitrogen and oxygen atoms in total. The van der Waals surface area contributed by atoms with Crippen molar-refractivity contribution in [2.24, 2.45) is 5.73 Å². The first-order chi connectivity index (χ1) is 4.93. The second-order valence-electron chi connectivity index (χ2n) is 1.93. The van der Waals surface area contributed by atoms with Crippen molar-refractivity contribution in [3.05, 3.63) is 16.6 Å². The van der Waals surface area contributed by atoms with Crippen molar-refractivity contribution in [1.82, 2.24) is 10.3 Å². The van der Waals surface area contributed by atoms with E-state index in [2.05, 4.69) is 10.3 Å². The molecule has 0 spiro atoms. The summed E-state index contributed by atoms with van der Waals surface area (Å²) in [5.74, 6) is 0. The summed E-state index contributed by atoms with van der Waals surface area (Å²) >= 11 is 1.66. The highest BCUT2D eigenvalue weighted by atomic mass is 32.1. The topological polar surface area (TPSA) is 50.9 Å². The summed E-state index contributed by atoms with van der Waals surface area (Å²) in [4.78, 5) is 5.21. The normalized spacial score (nSPS) is 10.1. The molecule has 1 aromatic heterocycles. The quantitative estimate of drug-likeness (QED) is 0.613. The second kappa shape index (κ2) is 4.38. The Labute approximate surface area is 64.3 Å². The molecule has 1 heterocycles. The van der Waals surface area contributed by atoms with Gasteiger partial charge < -0.3 is 11.1 Å². The molecule has 0 bridgehead atoms. The van der Waals surface area contributed by atoms with Gasteiger partial charge in [0.15, 0.2) is 0 Å². The minimum Gasteiger partial charge on any atom is -0.329 e. The van der Waals surface area contributed by atoms with Crippen LogP contribution in [0.15, 0.2) is 11.7 Å². The van der Waals surface area contributed by atoms with Crippen LogP contribution < -0.4 is 11.1 Å². The number of nitrogens with zero attached hydrogens (tertiary/aromatic N) is 1.